The molecule has 0 amide bonds. The second-order valence-electron chi connectivity index (χ2n) is 1.42. The number of alkyl halides is 3. The van der Waals surface area contributed by atoms with Crippen molar-refractivity contribution < 1.29 is 27.8 Å². The normalized spacial score (nSPS) is 9.33. The topological polar surface area (TPSA) is 46.5 Å². The first kappa shape index (κ1) is 13.4. The Morgan fingerprint density at radius 1 is 1.67 bits per heavy atom. The smallest absolute Gasteiger partial charge is 0.490 e. The summed E-state index contributed by atoms with van der Waals surface area (Å²) < 4.78 is 36.3. The number of carboxylic acids is 1. The van der Waals surface area contributed by atoms with E-state index in [1.807, 2.05) is 6.92 Å². The van der Waals surface area contributed by atoms with Crippen molar-refractivity contribution in [3.8, 4) is 0 Å². The molecule has 1 N–H and O–H groups in total. The van der Waals surface area contributed by atoms with Crippen molar-refractivity contribution in [2.75, 3.05) is 6.61 Å². The number of hydrogen-bond acceptors (Lipinski definition) is 2. The van der Waals surface area contributed by atoms with E-state index in [1.165, 1.54) is 6.26 Å². The highest BCUT2D eigenvalue weighted by molar-refractivity contribution is 5.73. The Bertz CT molecular complexity index is 141. The van der Waals surface area contributed by atoms with E-state index in [-0.39, 0.29) is 0 Å². The van der Waals surface area contributed by atoms with E-state index in [4.69, 9.17) is 9.90 Å². The van der Waals surface area contributed by atoms with Crippen molar-refractivity contribution >= 4 is 5.97 Å². The fourth-order valence-electron chi connectivity index (χ4n) is 0.118. The molecule has 0 aromatic carbocycles. The third kappa shape index (κ3) is 11.6. The second kappa shape index (κ2) is 6.51. The second-order valence-corrected chi connectivity index (χ2v) is 1.42. The maximum absolute atomic E-state index is 10.6. The van der Waals surface area contributed by atoms with Crippen LogP contribution in [0.25, 0.3) is 0 Å². The van der Waals surface area contributed by atoms with Crippen molar-refractivity contribution in [2.24, 2.45) is 0 Å². The first-order chi connectivity index (χ1) is 5.36. The molecule has 12 heavy (non-hydrogen) atoms. The molecule has 0 aromatic rings. The fourth-order valence-corrected chi connectivity index (χ4v) is 0.118. The Hall–Kier alpha value is -1.20. The molecule has 0 bridgehead atoms. The highest BCUT2D eigenvalue weighted by Gasteiger charge is 2.38. The molecular weight excluding hydrogens is 177 g/mol. The lowest BCUT2D eigenvalue weighted by molar-refractivity contribution is -0.192. The van der Waals surface area contributed by atoms with E-state index in [0.717, 1.165) is 6.61 Å². The molecular formula is C6H9F3O3. The summed E-state index contributed by atoms with van der Waals surface area (Å²) in [6.45, 7) is 5.97. The van der Waals surface area contributed by atoms with E-state index in [2.05, 4.69) is 11.3 Å². The van der Waals surface area contributed by atoms with Gasteiger partial charge in [-0.15, -0.1) is 0 Å². The van der Waals surface area contributed by atoms with Crippen LogP contribution in [0, 0.1) is 0 Å². The molecule has 0 heterocycles. The standard InChI is InChI=1S/C4H8O.C2HF3O2/c1-3-5-4-2;3-2(4,5)1(6)7/h3H,1,4H2,2H3;(H,6,7). The highest BCUT2D eigenvalue weighted by atomic mass is 19.4. The van der Waals surface area contributed by atoms with Gasteiger partial charge in [-0.25, -0.2) is 4.79 Å². The summed E-state index contributed by atoms with van der Waals surface area (Å²) in [7, 11) is 0. The van der Waals surface area contributed by atoms with Crippen LogP contribution in [0.4, 0.5) is 13.2 Å². The van der Waals surface area contributed by atoms with Crippen molar-refractivity contribution in [1.82, 2.24) is 0 Å². The molecule has 0 rings (SSSR count). The first-order valence-electron chi connectivity index (χ1n) is 2.88. The Labute approximate surface area is 67.4 Å². The van der Waals surface area contributed by atoms with Crippen LogP contribution in [0.2, 0.25) is 0 Å². The lowest BCUT2D eigenvalue weighted by Gasteiger charge is -1.93. The van der Waals surface area contributed by atoms with Gasteiger partial charge in [-0.3, -0.25) is 0 Å². The third-order valence-electron chi connectivity index (χ3n) is 0.527. The van der Waals surface area contributed by atoms with E-state index in [1.54, 1.807) is 0 Å². The molecule has 0 aromatic heterocycles. The summed E-state index contributed by atoms with van der Waals surface area (Å²) in [5.74, 6) is -2.76. The van der Waals surface area contributed by atoms with E-state index >= 15 is 0 Å². The van der Waals surface area contributed by atoms with E-state index in [0.29, 0.717) is 0 Å². The SMILES string of the molecule is C=COCC.O=C(O)C(F)(F)F. The molecule has 0 aliphatic heterocycles. The molecule has 0 saturated heterocycles. The number of halogens is 3. The molecule has 0 fully saturated rings. The summed E-state index contributed by atoms with van der Waals surface area (Å²) in [6, 6.07) is 0. The minimum absolute atomic E-state index is 0.726. The molecule has 0 saturated carbocycles. The molecule has 0 radical (unpaired) electrons. The summed E-state index contributed by atoms with van der Waals surface area (Å²) in [6.07, 6.45) is -3.65. The molecule has 0 aliphatic carbocycles. The minimum Gasteiger partial charge on any atom is -0.502 e. The fraction of sp³-hybridized carbons (Fsp3) is 0.500. The van der Waals surface area contributed by atoms with Crippen molar-refractivity contribution in [1.29, 1.82) is 0 Å². The zero-order valence-corrected chi connectivity index (χ0v) is 6.39. The number of carbonyl (C=O) groups is 1. The monoisotopic (exact) mass is 186 g/mol. The molecule has 0 unspecified atom stereocenters. The van der Waals surface area contributed by atoms with Gasteiger partial charge in [0.1, 0.15) is 0 Å². The Morgan fingerprint density at radius 3 is 2.00 bits per heavy atom. The van der Waals surface area contributed by atoms with Crippen LogP contribution in [-0.2, 0) is 9.53 Å². The average Bonchev–Trinajstić information content (AvgIpc) is 1.88. The number of carboxylic acid groups (broad SMARTS) is 1. The van der Waals surface area contributed by atoms with Crippen LogP contribution in [0.3, 0.4) is 0 Å². The Balaban J connectivity index is 0. The van der Waals surface area contributed by atoms with Crippen LogP contribution < -0.4 is 0 Å². The van der Waals surface area contributed by atoms with Crippen molar-refractivity contribution in [3.63, 3.8) is 0 Å². The van der Waals surface area contributed by atoms with Gasteiger partial charge < -0.3 is 9.84 Å². The van der Waals surface area contributed by atoms with Crippen LogP contribution in [-0.4, -0.2) is 23.9 Å². The molecule has 0 spiro atoms. The zero-order chi connectivity index (χ0) is 10.2. The van der Waals surface area contributed by atoms with Crippen molar-refractivity contribution in [3.05, 3.63) is 12.8 Å². The van der Waals surface area contributed by atoms with E-state index < -0.39 is 12.1 Å². The Kier molecular flexibility index (Phi) is 7.26. The third-order valence-corrected chi connectivity index (χ3v) is 0.527. The minimum atomic E-state index is -5.08. The van der Waals surface area contributed by atoms with Crippen LogP contribution >= 0.6 is 0 Å². The van der Waals surface area contributed by atoms with Gasteiger partial charge in [-0.1, -0.05) is 6.58 Å². The largest absolute Gasteiger partial charge is 0.502 e. The lowest BCUT2D eigenvalue weighted by Crippen LogP contribution is -2.21. The van der Waals surface area contributed by atoms with Gasteiger partial charge in [0.05, 0.1) is 12.9 Å². The summed E-state index contributed by atoms with van der Waals surface area (Å²) in [4.78, 5) is 8.90. The van der Waals surface area contributed by atoms with Gasteiger partial charge >= 0.3 is 12.1 Å². The predicted molar refractivity (Wildman–Crippen MR) is 35.5 cm³/mol. The van der Waals surface area contributed by atoms with Crippen LogP contribution in [0.1, 0.15) is 6.92 Å². The molecule has 6 heteroatoms. The van der Waals surface area contributed by atoms with Gasteiger partial charge in [0.2, 0.25) is 0 Å². The lowest BCUT2D eigenvalue weighted by atomic mass is 10.7. The van der Waals surface area contributed by atoms with Crippen LogP contribution in [0.15, 0.2) is 12.8 Å². The quantitative estimate of drug-likeness (QED) is 0.669. The summed E-state index contributed by atoms with van der Waals surface area (Å²) >= 11 is 0. The predicted octanol–water partition coefficient (Wildman–Crippen LogP) is 1.80. The molecule has 0 aliphatic rings. The van der Waals surface area contributed by atoms with Gasteiger partial charge in [-0.2, -0.15) is 13.2 Å². The summed E-state index contributed by atoms with van der Waals surface area (Å²) in [5, 5.41) is 7.12. The van der Waals surface area contributed by atoms with Gasteiger partial charge in [-0.05, 0) is 6.92 Å². The number of ether oxygens (including phenoxy) is 1. The van der Waals surface area contributed by atoms with Crippen molar-refractivity contribution in [2.45, 2.75) is 13.1 Å². The number of hydrogen-bond donors (Lipinski definition) is 1. The van der Waals surface area contributed by atoms with E-state index in [9.17, 15) is 13.2 Å². The molecule has 3 nitrogen and oxygen atoms in total. The zero-order valence-electron chi connectivity index (χ0n) is 6.39. The highest BCUT2D eigenvalue weighted by Crippen LogP contribution is 2.13. The Morgan fingerprint density at radius 2 is 2.00 bits per heavy atom. The number of rotatable bonds is 2. The summed E-state index contributed by atoms with van der Waals surface area (Å²) in [5.41, 5.74) is 0. The molecule has 72 valence electrons. The van der Waals surface area contributed by atoms with Crippen LogP contribution in [0.5, 0.6) is 0 Å². The maximum Gasteiger partial charge on any atom is 0.490 e. The van der Waals surface area contributed by atoms with Gasteiger partial charge in [0.25, 0.3) is 0 Å². The van der Waals surface area contributed by atoms with Gasteiger partial charge in [0, 0.05) is 0 Å². The average molecular weight is 186 g/mol. The molecule has 0 atom stereocenters. The number of aliphatic carboxylic acids is 1. The first-order valence-corrected chi connectivity index (χ1v) is 2.88. The maximum atomic E-state index is 10.6. The van der Waals surface area contributed by atoms with Gasteiger partial charge in [0.15, 0.2) is 0 Å².